The highest BCUT2D eigenvalue weighted by atomic mass is 35.5. The molecule has 0 spiro atoms. The SMILES string of the molecule is CCOc1ccc(/C=N/NC(=O)COc2ccc(Cl)cc2C)cc1OCC. The summed E-state index contributed by atoms with van der Waals surface area (Å²) < 4.78 is 16.5. The lowest BCUT2D eigenvalue weighted by molar-refractivity contribution is -0.123. The van der Waals surface area contributed by atoms with E-state index in [9.17, 15) is 4.79 Å². The van der Waals surface area contributed by atoms with Crippen LogP contribution in [0.25, 0.3) is 0 Å². The minimum Gasteiger partial charge on any atom is -0.490 e. The molecule has 0 saturated carbocycles. The van der Waals surface area contributed by atoms with Crippen molar-refractivity contribution in [1.29, 1.82) is 0 Å². The average Bonchev–Trinajstić information content (AvgIpc) is 2.63. The Bertz CT molecular complexity index is 809. The second kappa shape index (κ2) is 10.4. The number of hydrogen-bond acceptors (Lipinski definition) is 5. The summed E-state index contributed by atoms with van der Waals surface area (Å²) in [4.78, 5) is 11.9. The average molecular weight is 391 g/mol. The van der Waals surface area contributed by atoms with Crippen LogP contribution < -0.4 is 19.6 Å². The fraction of sp³-hybridized carbons (Fsp3) is 0.300. The number of nitrogens with zero attached hydrogens (tertiary/aromatic N) is 1. The van der Waals surface area contributed by atoms with Gasteiger partial charge in [0.15, 0.2) is 18.1 Å². The van der Waals surface area contributed by atoms with E-state index < -0.39 is 0 Å². The maximum atomic E-state index is 11.9. The molecule has 7 heteroatoms. The van der Waals surface area contributed by atoms with Gasteiger partial charge >= 0.3 is 0 Å². The van der Waals surface area contributed by atoms with Gasteiger partial charge in [-0.3, -0.25) is 4.79 Å². The first-order valence-electron chi connectivity index (χ1n) is 8.64. The molecule has 0 aliphatic rings. The van der Waals surface area contributed by atoms with Crippen LogP contribution in [-0.2, 0) is 4.79 Å². The van der Waals surface area contributed by atoms with Crippen molar-refractivity contribution in [2.75, 3.05) is 19.8 Å². The number of carbonyl (C=O) groups is 1. The first-order valence-corrected chi connectivity index (χ1v) is 9.01. The Hall–Kier alpha value is -2.73. The van der Waals surface area contributed by atoms with E-state index in [1.807, 2.05) is 32.9 Å². The van der Waals surface area contributed by atoms with Crippen LogP contribution in [0.1, 0.15) is 25.0 Å². The first-order chi connectivity index (χ1) is 13.0. The number of nitrogens with one attached hydrogen (secondary N) is 1. The van der Waals surface area contributed by atoms with Gasteiger partial charge in [-0.25, -0.2) is 5.43 Å². The fourth-order valence-electron chi connectivity index (χ4n) is 2.28. The maximum absolute atomic E-state index is 11.9. The number of aryl methyl sites for hydroxylation is 1. The minimum absolute atomic E-state index is 0.146. The molecular formula is C20H23ClN2O4. The molecule has 1 N–H and O–H groups in total. The molecule has 0 aliphatic carbocycles. The summed E-state index contributed by atoms with van der Waals surface area (Å²) >= 11 is 5.89. The van der Waals surface area contributed by atoms with Crippen molar-refractivity contribution >= 4 is 23.7 Å². The molecule has 0 fully saturated rings. The monoisotopic (exact) mass is 390 g/mol. The third kappa shape index (κ3) is 6.49. The number of halogens is 1. The van der Waals surface area contributed by atoms with Crippen LogP contribution in [0, 0.1) is 6.92 Å². The van der Waals surface area contributed by atoms with Crippen molar-refractivity contribution in [2.24, 2.45) is 5.10 Å². The van der Waals surface area contributed by atoms with Crippen LogP contribution in [-0.4, -0.2) is 31.9 Å². The lowest BCUT2D eigenvalue weighted by atomic mass is 10.2. The number of amides is 1. The Balaban J connectivity index is 1.90. The Morgan fingerprint density at radius 1 is 1.04 bits per heavy atom. The Morgan fingerprint density at radius 3 is 2.44 bits per heavy atom. The van der Waals surface area contributed by atoms with E-state index in [0.29, 0.717) is 35.5 Å². The van der Waals surface area contributed by atoms with Gasteiger partial charge in [-0.05, 0) is 68.3 Å². The van der Waals surface area contributed by atoms with Gasteiger partial charge in [0.05, 0.1) is 19.4 Å². The molecule has 6 nitrogen and oxygen atoms in total. The summed E-state index contributed by atoms with van der Waals surface area (Å²) in [6.07, 6.45) is 1.53. The van der Waals surface area contributed by atoms with Gasteiger partial charge in [0, 0.05) is 5.02 Å². The highest BCUT2D eigenvalue weighted by Gasteiger charge is 2.06. The second-order valence-corrected chi connectivity index (χ2v) is 6.00. The Morgan fingerprint density at radius 2 is 1.74 bits per heavy atom. The maximum Gasteiger partial charge on any atom is 0.277 e. The van der Waals surface area contributed by atoms with Gasteiger partial charge in [0.25, 0.3) is 5.91 Å². The molecular weight excluding hydrogens is 368 g/mol. The zero-order valence-electron chi connectivity index (χ0n) is 15.6. The standard InChI is InChI=1S/C20H23ClN2O4/c1-4-25-18-8-6-15(11-19(18)26-5-2)12-22-23-20(24)13-27-17-9-7-16(21)10-14(17)3/h6-12H,4-5,13H2,1-3H3,(H,23,24)/b22-12+. The Kier molecular flexibility index (Phi) is 7.95. The van der Waals surface area contributed by atoms with Crippen LogP contribution in [0.15, 0.2) is 41.5 Å². The van der Waals surface area contributed by atoms with Crippen LogP contribution in [0.5, 0.6) is 17.2 Å². The molecule has 0 heterocycles. The van der Waals surface area contributed by atoms with Gasteiger partial charge in [0.1, 0.15) is 5.75 Å². The molecule has 2 aromatic carbocycles. The van der Waals surface area contributed by atoms with Crippen molar-refractivity contribution in [3.8, 4) is 17.2 Å². The van der Waals surface area contributed by atoms with Crippen molar-refractivity contribution in [1.82, 2.24) is 5.43 Å². The normalized spacial score (nSPS) is 10.7. The summed E-state index contributed by atoms with van der Waals surface area (Å²) in [6.45, 7) is 6.61. The summed E-state index contributed by atoms with van der Waals surface area (Å²) in [6, 6.07) is 10.7. The molecule has 0 bridgehead atoms. The lowest BCUT2D eigenvalue weighted by Gasteiger charge is -2.11. The van der Waals surface area contributed by atoms with Gasteiger partial charge in [-0.2, -0.15) is 5.10 Å². The minimum atomic E-state index is -0.364. The third-order valence-corrected chi connectivity index (χ3v) is 3.70. The number of rotatable bonds is 9. The number of carbonyl (C=O) groups excluding carboxylic acids is 1. The van der Waals surface area contributed by atoms with Crippen molar-refractivity contribution in [3.05, 3.63) is 52.5 Å². The number of benzene rings is 2. The van der Waals surface area contributed by atoms with E-state index in [2.05, 4.69) is 10.5 Å². The number of ether oxygens (including phenoxy) is 3. The molecule has 2 aromatic rings. The second-order valence-electron chi connectivity index (χ2n) is 5.56. The summed E-state index contributed by atoms with van der Waals surface area (Å²) in [5.41, 5.74) is 4.06. The molecule has 0 aromatic heterocycles. The predicted molar refractivity (Wildman–Crippen MR) is 106 cm³/mol. The van der Waals surface area contributed by atoms with Gasteiger partial charge in [0.2, 0.25) is 0 Å². The van der Waals surface area contributed by atoms with Crippen LogP contribution >= 0.6 is 11.6 Å². The zero-order valence-corrected chi connectivity index (χ0v) is 16.4. The van der Waals surface area contributed by atoms with Crippen LogP contribution in [0.3, 0.4) is 0 Å². The van der Waals surface area contributed by atoms with E-state index in [1.165, 1.54) is 6.21 Å². The quantitative estimate of drug-likeness (QED) is 0.519. The fourth-order valence-corrected chi connectivity index (χ4v) is 2.50. The highest BCUT2D eigenvalue weighted by Crippen LogP contribution is 2.28. The number of hydrazone groups is 1. The largest absolute Gasteiger partial charge is 0.490 e. The molecule has 0 unspecified atom stereocenters. The topological polar surface area (TPSA) is 69.2 Å². The highest BCUT2D eigenvalue weighted by molar-refractivity contribution is 6.30. The smallest absolute Gasteiger partial charge is 0.277 e. The summed E-state index contributed by atoms with van der Waals surface area (Å²) in [5.74, 6) is 1.55. The number of hydrogen-bond donors (Lipinski definition) is 1. The van der Waals surface area contributed by atoms with Crippen molar-refractivity contribution in [2.45, 2.75) is 20.8 Å². The van der Waals surface area contributed by atoms with Gasteiger partial charge in [-0.1, -0.05) is 11.6 Å². The van der Waals surface area contributed by atoms with Crippen LogP contribution in [0.2, 0.25) is 5.02 Å². The molecule has 0 aliphatic heterocycles. The predicted octanol–water partition coefficient (Wildman–Crippen LogP) is 3.97. The van der Waals surface area contributed by atoms with Gasteiger partial charge < -0.3 is 14.2 Å². The van der Waals surface area contributed by atoms with E-state index >= 15 is 0 Å². The lowest BCUT2D eigenvalue weighted by Crippen LogP contribution is -2.24. The summed E-state index contributed by atoms with van der Waals surface area (Å²) in [5, 5.41) is 4.57. The van der Waals surface area contributed by atoms with Crippen LogP contribution in [0.4, 0.5) is 0 Å². The summed E-state index contributed by atoms with van der Waals surface area (Å²) in [7, 11) is 0. The Labute approximate surface area is 164 Å². The molecule has 0 atom stereocenters. The molecule has 1 amide bonds. The van der Waals surface area contributed by atoms with E-state index in [0.717, 1.165) is 11.1 Å². The first kappa shape index (κ1) is 20.6. The van der Waals surface area contributed by atoms with Crippen molar-refractivity contribution in [3.63, 3.8) is 0 Å². The molecule has 2 rings (SSSR count). The van der Waals surface area contributed by atoms with Crippen molar-refractivity contribution < 1.29 is 19.0 Å². The molecule has 0 saturated heterocycles. The molecule has 144 valence electrons. The molecule has 27 heavy (non-hydrogen) atoms. The van der Waals surface area contributed by atoms with E-state index in [4.69, 9.17) is 25.8 Å². The molecule has 0 radical (unpaired) electrons. The van der Waals surface area contributed by atoms with E-state index in [1.54, 1.807) is 24.3 Å². The van der Waals surface area contributed by atoms with E-state index in [-0.39, 0.29) is 12.5 Å². The third-order valence-electron chi connectivity index (χ3n) is 3.47. The zero-order chi connectivity index (χ0) is 19.6. The van der Waals surface area contributed by atoms with Gasteiger partial charge in [-0.15, -0.1) is 0 Å².